The van der Waals surface area contributed by atoms with E-state index in [-0.39, 0.29) is 5.91 Å². The molecule has 3 N–H and O–H groups in total. The molecular formula is C14H16N2O2S. The minimum Gasteiger partial charge on any atom is -0.494 e. The minimum absolute atomic E-state index is 0.118. The van der Waals surface area contributed by atoms with Gasteiger partial charge in [0.25, 0.3) is 5.91 Å². The van der Waals surface area contributed by atoms with Crippen molar-refractivity contribution in [1.82, 2.24) is 5.32 Å². The maximum Gasteiger partial charge on any atom is 0.263 e. The number of nitrogens with one attached hydrogen (secondary N) is 1. The number of para-hydroxylation sites is 1. The van der Waals surface area contributed by atoms with E-state index >= 15 is 0 Å². The fraction of sp³-hybridized carbons (Fsp3) is 0.214. The molecular weight excluding hydrogens is 260 g/mol. The molecule has 0 spiro atoms. The van der Waals surface area contributed by atoms with E-state index in [0.29, 0.717) is 23.7 Å². The van der Waals surface area contributed by atoms with Crippen molar-refractivity contribution in [2.75, 3.05) is 18.9 Å². The summed E-state index contributed by atoms with van der Waals surface area (Å²) in [5.74, 6) is 0.725. The highest BCUT2D eigenvalue weighted by Gasteiger charge is 2.09. The lowest BCUT2D eigenvalue weighted by Crippen LogP contribution is -2.25. The van der Waals surface area contributed by atoms with E-state index in [2.05, 4.69) is 5.32 Å². The van der Waals surface area contributed by atoms with Gasteiger partial charge < -0.3 is 15.8 Å². The van der Waals surface area contributed by atoms with Crippen LogP contribution >= 0.6 is 11.3 Å². The van der Waals surface area contributed by atoms with E-state index in [4.69, 9.17) is 10.5 Å². The molecule has 0 unspecified atom stereocenters. The van der Waals surface area contributed by atoms with Crippen LogP contribution < -0.4 is 15.8 Å². The molecule has 1 amide bonds. The molecule has 0 aliphatic carbocycles. The van der Waals surface area contributed by atoms with Gasteiger partial charge in [-0.3, -0.25) is 4.79 Å². The molecule has 0 aliphatic rings. The number of nitrogens with two attached hydrogens (primary N) is 1. The van der Waals surface area contributed by atoms with Gasteiger partial charge in [-0.1, -0.05) is 18.2 Å². The Balaban J connectivity index is 1.65. The highest BCUT2D eigenvalue weighted by Crippen LogP contribution is 2.18. The van der Waals surface area contributed by atoms with Crippen LogP contribution in [0.3, 0.4) is 0 Å². The van der Waals surface area contributed by atoms with Gasteiger partial charge in [-0.25, -0.2) is 0 Å². The lowest BCUT2D eigenvalue weighted by atomic mass is 10.3. The highest BCUT2D eigenvalue weighted by molar-refractivity contribution is 7.12. The zero-order chi connectivity index (χ0) is 13.5. The fourth-order valence-electron chi connectivity index (χ4n) is 1.56. The fourth-order valence-corrected chi connectivity index (χ4v) is 2.30. The van der Waals surface area contributed by atoms with Gasteiger partial charge in [-0.15, -0.1) is 11.3 Å². The SMILES string of the molecule is Nc1ccsc1C(=O)NCCCOc1ccccc1. The van der Waals surface area contributed by atoms with Crippen LogP contribution in [0.2, 0.25) is 0 Å². The van der Waals surface area contributed by atoms with E-state index in [9.17, 15) is 4.79 Å². The van der Waals surface area contributed by atoms with E-state index in [0.717, 1.165) is 12.2 Å². The van der Waals surface area contributed by atoms with Crippen molar-refractivity contribution < 1.29 is 9.53 Å². The first-order valence-corrected chi connectivity index (χ1v) is 6.94. The van der Waals surface area contributed by atoms with Crippen LogP contribution in [0, 0.1) is 0 Å². The molecule has 0 saturated carbocycles. The third-order valence-corrected chi connectivity index (χ3v) is 3.45. The van der Waals surface area contributed by atoms with Crippen LogP contribution in [-0.2, 0) is 0 Å². The second-order valence-electron chi connectivity index (χ2n) is 3.98. The Morgan fingerprint density at radius 2 is 2.05 bits per heavy atom. The van der Waals surface area contributed by atoms with Crippen LogP contribution in [-0.4, -0.2) is 19.1 Å². The standard InChI is InChI=1S/C14H16N2O2S/c15-12-7-10-19-13(12)14(17)16-8-4-9-18-11-5-2-1-3-6-11/h1-3,5-7,10H,4,8-9,15H2,(H,16,17). The normalized spacial score (nSPS) is 10.1. The van der Waals surface area contributed by atoms with Crippen molar-refractivity contribution >= 4 is 22.9 Å². The van der Waals surface area contributed by atoms with Crippen LogP contribution in [0.1, 0.15) is 16.1 Å². The Bertz CT molecular complexity index is 525. The quantitative estimate of drug-likeness (QED) is 0.797. The van der Waals surface area contributed by atoms with Crippen LogP contribution in [0.5, 0.6) is 5.75 Å². The zero-order valence-electron chi connectivity index (χ0n) is 10.5. The first kappa shape index (κ1) is 13.4. The number of nitrogen functional groups attached to an aromatic ring is 1. The van der Waals surface area contributed by atoms with Crippen LogP contribution in [0.15, 0.2) is 41.8 Å². The van der Waals surface area contributed by atoms with Gasteiger partial charge in [0.2, 0.25) is 0 Å². The molecule has 0 fully saturated rings. The largest absolute Gasteiger partial charge is 0.494 e. The summed E-state index contributed by atoms with van der Waals surface area (Å²) in [7, 11) is 0. The molecule has 2 rings (SSSR count). The summed E-state index contributed by atoms with van der Waals surface area (Å²) >= 11 is 1.35. The van der Waals surface area contributed by atoms with Gasteiger partial charge in [-0.2, -0.15) is 0 Å². The Hall–Kier alpha value is -2.01. The molecule has 0 saturated heterocycles. The van der Waals surface area contributed by atoms with E-state index < -0.39 is 0 Å². The van der Waals surface area contributed by atoms with E-state index in [1.807, 2.05) is 35.7 Å². The zero-order valence-corrected chi connectivity index (χ0v) is 11.3. The summed E-state index contributed by atoms with van der Waals surface area (Å²) < 4.78 is 5.53. The van der Waals surface area contributed by atoms with Crippen LogP contribution in [0.25, 0.3) is 0 Å². The van der Waals surface area contributed by atoms with Crippen molar-refractivity contribution in [2.45, 2.75) is 6.42 Å². The molecule has 5 heteroatoms. The molecule has 4 nitrogen and oxygen atoms in total. The maximum atomic E-state index is 11.7. The van der Waals surface area contributed by atoms with E-state index in [1.54, 1.807) is 6.07 Å². The van der Waals surface area contributed by atoms with Gasteiger partial charge in [0.15, 0.2) is 0 Å². The topological polar surface area (TPSA) is 64.4 Å². The number of carbonyl (C=O) groups excluding carboxylic acids is 1. The second-order valence-corrected chi connectivity index (χ2v) is 4.89. The first-order valence-electron chi connectivity index (χ1n) is 6.06. The Morgan fingerprint density at radius 3 is 2.74 bits per heavy atom. The third kappa shape index (κ3) is 3.99. The van der Waals surface area contributed by atoms with Gasteiger partial charge >= 0.3 is 0 Å². The number of carbonyl (C=O) groups is 1. The number of hydrogen-bond donors (Lipinski definition) is 2. The molecule has 0 bridgehead atoms. The summed E-state index contributed by atoms with van der Waals surface area (Å²) in [6.45, 7) is 1.15. The molecule has 1 heterocycles. The van der Waals surface area contributed by atoms with Crippen molar-refractivity contribution in [1.29, 1.82) is 0 Å². The molecule has 2 aromatic rings. The Kier molecular flexibility index (Phi) is 4.80. The Morgan fingerprint density at radius 1 is 1.26 bits per heavy atom. The predicted molar refractivity (Wildman–Crippen MR) is 77.6 cm³/mol. The molecule has 1 aromatic heterocycles. The average Bonchev–Trinajstić information content (AvgIpc) is 2.86. The first-order chi connectivity index (χ1) is 9.27. The number of rotatable bonds is 6. The van der Waals surface area contributed by atoms with E-state index in [1.165, 1.54) is 11.3 Å². The molecule has 0 atom stereocenters. The number of thiophene rings is 1. The summed E-state index contributed by atoms with van der Waals surface area (Å²) in [5.41, 5.74) is 6.20. The molecule has 19 heavy (non-hydrogen) atoms. The van der Waals surface area contributed by atoms with Crippen molar-refractivity contribution in [3.05, 3.63) is 46.7 Å². The molecule has 0 aliphatic heterocycles. The van der Waals surface area contributed by atoms with Crippen molar-refractivity contribution in [3.63, 3.8) is 0 Å². The number of ether oxygens (including phenoxy) is 1. The number of anilines is 1. The lowest BCUT2D eigenvalue weighted by Gasteiger charge is -2.07. The number of amides is 1. The van der Waals surface area contributed by atoms with Gasteiger partial charge in [0, 0.05) is 6.54 Å². The Labute approximate surface area is 116 Å². The van der Waals surface area contributed by atoms with Gasteiger partial charge in [-0.05, 0) is 30.0 Å². The third-order valence-electron chi connectivity index (χ3n) is 2.52. The maximum absolute atomic E-state index is 11.7. The average molecular weight is 276 g/mol. The second kappa shape index (κ2) is 6.80. The van der Waals surface area contributed by atoms with Gasteiger partial charge in [0.05, 0.1) is 12.3 Å². The van der Waals surface area contributed by atoms with Crippen LogP contribution in [0.4, 0.5) is 5.69 Å². The summed E-state index contributed by atoms with van der Waals surface area (Å²) in [4.78, 5) is 12.3. The molecule has 0 radical (unpaired) electrons. The van der Waals surface area contributed by atoms with Crippen molar-refractivity contribution in [2.24, 2.45) is 0 Å². The molecule has 100 valence electrons. The summed E-state index contributed by atoms with van der Waals surface area (Å²) in [5, 5.41) is 4.63. The van der Waals surface area contributed by atoms with Gasteiger partial charge in [0.1, 0.15) is 10.6 Å². The summed E-state index contributed by atoms with van der Waals surface area (Å²) in [6, 6.07) is 11.3. The lowest BCUT2D eigenvalue weighted by molar-refractivity contribution is 0.0956. The summed E-state index contributed by atoms with van der Waals surface area (Å²) in [6.07, 6.45) is 0.756. The smallest absolute Gasteiger partial charge is 0.263 e. The highest BCUT2D eigenvalue weighted by atomic mass is 32.1. The monoisotopic (exact) mass is 276 g/mol. The van der Waals surface area contributed by atoms with Crippen molar-refractivity contribution in [3.8, 4) is 5.75 Å². The molecule has 1 aromatic carbocycles. The minimum atomic E-state index is -0.118. The number of benzene rings is 1. The number of hydrogen-bond acceptors (Lipinski definition) is 4. The predicted octanol–water partition coefficient (Wildman–Crippen LogP) is 2.53.